The Morgan fingerprint density at radius 1 is 1.29 bits per heavy atom. The molecule has 0 bridgehead atoms. The number of thiophene rings is 1. The number of nitrogen functional groups attached to an aromatic ring is 1. The van der Waals surface area contributed by atoms with Gasteiger partial charge in [-0.05, 0) is 24.7 Å². The van der Waals surface area contributed by atoms with Crippen molar-refractivity contribution >= 4 is 34.0 Å². The van der Waals surface area contributed by atoms with Gasteiger partial charge >= 0.3 is 11.9 Å². The highest BCUT2D eigenvalue weighted by Gasteiger charge is 2.40. The second-order valence-electron chi connectivity index (χ2n) is 5.24. The molecule has 3 N–H and O–H groups in total. The molecule has 116 valence electrons. The third-order valence-electron chi connectivity index (χ3n) is 4.04. The van der Waals surface area contributed by atoms with E-state index in [2.05, 4.69) is 17.0 Å². The topological polar surface area (TPSA) is 90.6 Å². The summed E-state index contributed by atoms with van der Waals surface area (Å²) in [5.41, 5.74) is 6.55. The Morgan fingerprint density at radius 3 is 2.38 bits per heavy atom. The molecule has 1 heterocycles. The molecule has 1 aromatic rings. The summed E-state index contributed by atoms with van der Waals surface area (Å²) in [5.74, 6) is -1.10. The number of ether oxygens (including phenoxy) is 2. The van der Waals surface area contributed by atoms with E-state index in [0.29, 0.717) is 10.4 Å². The van der Waals surface area contributed by atoms with Crippen LogP contribution >= 0.6 is 11.3 Å². The van der Waals surface area contributed by atoms with E-state index < -0.39 is 11.9 Å². The Balaban J connectivity index is 2.29. The van der Waals surface area contributed by atoms with Gasteiger partial charge in [-0.15, -0.1) is 11.3 Å². The van der Waals surface area contributed by atoms with Gasteiger partial charge < -0.3 is 20.5 Å². The van der Waals surface area contributed by atoms with Gasteiger partial charge in [0.25, 0.3) is 0 Å². The molecule has 0 saturated heterocycles. The van der Waals surface area contributed by atoms with Crippen molar-refractivity contribution in [1.82, 2.24) is 0 Å². The van der Waals surface area contributed by atoms with Crippen molar-refractivity contribution in [3.8, 4) is 0 Å². The maximum atomic E-state index is 11.9. The second-order valence-corrected chi connectivity index (χ2v) is 6.26. The van der Waals surface area contributed by atoms with E-state index in [1.165, 1.54) is 27.1 Å². The smallest absolute Gasteiger partial charge is 0.350 e. The van der Waals surface area contributed by atoms with Crippen LogP contribution in [-0.2, 0) is 9.47 Å². The molecule has 0 aliphatic heterocycles. The Bertz CT molecular complexity index is 564. The first kappa shape index (κ1) is 15.6. The first-order valence-electron chi connectivity index (χ1n) is 6.80. The summed E-state index contributed by atoms with van der Waals surface area (Å²) >= 11 is 1.13. The Kier molecular flexibility index (Phi) is 4.41. The lowest BCUT2D eigenvalue weighted by Crippen LogP contribution is -2.16. The van der Waals surface area contributed by atoms with Gasteiger partial charge in [0, 0.05) is 6.54 Å². The van der Waals surface area contributed by atoms with Crippen LogP contribution in [-0.4, -0.2) is 32.7 Å². The molecule has 1 aliphatic rings. The number of anilines is 2. The highest BCUT2D eigenvalue weighted by Crippen LogP contribution is 2.49. The van der Waals surface area contributed by atoms with Crippen LogP contribution < -0.4 is 11.1 Å². The Labute approximate surface area is 127 Å². The van der Waals surface area contributed by atoms with Crippen LogP contribution in [0.1, 0.15) is 46.2 Å². The average Bonchev–Trinajstić information content (AvgIpc) is 3.21. The fourth-order valence-corrected chi connectivity index (χ4v) is 3.24. The van der Waals surface area contributed by atoms with Crippen LogP contribution in [0.5, 0.6) is 0 Å². The van der Waals surface area contributed by atoms with Gasteiger partial charge in [-0.1, -0.05) is 6.92 Å². The van der Waals surface area contributed by atoms with Gasteiger partial charge in [0.05, 0.1) is 19.9 Å². The van der Waals surface area contributed by atoms with E-state index in [1.54, 1.807) is 0 Å². The van der Waals surface area contributed by atoms with E-state index >= 15 is 0 Å². The number of carbonyl (C=O) groups is 2. The van der Waals surface area contributed by atoms with E-state index in [0.717, 1.165) is 24.3 Å². The number of nitrogens with two attached hydrogens (primary N) is 1. The minimum atomic E-state index is -0.553. The number of rotatable bonds is 6. The van der Waals surface area contributed by atoms with Crippen molar-refractivity contribution in [2.45, 2.75) is 26.2 Å². The fourth-order valence-electron chi connectivity index (χ4n) is 2.22. The van der Waals surface area contributed by atoms with E-state index in [1.807, 2.05) is 0 Å². The van der Waals surface area contributed by atoms with Gasteiger partial charge in [0.15, 0.2) is 0 Å². The summed E-state index contributed by atoms with van der Waals surface area (Å²) in [7, 11) is 2.57. The van der Waals surface area contributed by atoms with Crippen molar-refractivity contribution in [3.05, 3.63) is 10.4 Å². The van der Waals surface area contributed by atoms with Crippen molar-refractivity contribution < 1.29 is 19.1 Å². The van der Waals surface area contributed by atoms with Crippen molar-refractivity contribution in [3.63, 3.8) is 0 Å². The highest BCUT2D eigenvalue weighted by molar-refractivity contribution is 7.19. The van der Waals surface area contributed by atoms with Crippen LogP contribution in [0.15, 0.2) is 0 Å². The largest absolute Gasteiger partial charge is 0.465 e. The van der Waals surface area contributed by atoms with Crippen LogP contribution in [0, 0.1) is 5.41 Å². The molecule has 0 radical (unpaired) electrons. The number of hydrogen-bond acceptors (Lipinski definition) is 7. The zero-order chi connectivity index (χ0) is 15.6. The molecule has 2 rings (SSSR count). The molecule has 0 spiro atoms. The van der Waals surface area contributed by atoms with Crippen molar-refractivity contribution in [2.24, 2.45) is 5.41 Å². The quantitative estimate of drug-likeness (QED) is 0.784. The highest BCUT2D eigenvalue weighted by atomic mass is 32.1. The van der Waals surface area contributed by atoms with Crippen LogP contribution in [0.4, 0.5) is 10.7 Å². The monoisotopic (exact) mass is 312 g/mol. The molecule has 1 saturated carbocycles. The summed E-state index contributed by atoms with van der Waals surface area (Å²) in [6, 6.07) is 0. The number of nitrogens with one attached hydrogen (secondary N) is 1. The summed E-state index contributed by atoms with van der Waals surface area (Å²) in [6.45, 7) is 2.91. The first-order valence-corrected chi connectivity index (χ1v) is 7.62. The normalized spacial score (nSPS) is 15.4. The van der Waals surface area contributed by atoms with Gasteiger partial charge in [-0.25, -0.2) is 9.59 Å². The molecule has 0 aromatic carbocycles. The van der Waals surface area contributed by atoms with Gasteiger partial charge in [0.1, 0.15) is 15.4 Å². The number of carbonyl (C=O) groups excluding carboxylic acids is 2. The minimum absolute atomic E-state index is 0.113. The zero-order valence-corrected chi connectivity index (χ0v) is 13.3. The molecule has 21 heavy (non-hydrogen) atoms. The van der Waals surface area contributed by atoms with Crippen molar-refractivity contribution in [1.29, 1.82) is 0 Å². The molecule has 1 aliphatic carbocycles. The second kappa shape index (κ2) is 5.93. The average molecular weight is 312 g/mol. The van der Waals surface area contributed by atoms with E-state index in [9.17, 15) is 9.59 Å². The van der Waals surface area contributed by atoms with E-state index in [4.69, 9.17) is 10.5 Å². The van der Waals surface area contributed by atoms with E-state index in [-0.39, 0.29) is 16.1 Å². The van der Waals surface area contributed by atoms with Crippen LogP contribution in [0.3, 0.4) is 0 Å². The molecule has 1 fully saturated rings. The summed E-state index contributed by atoms with van der Waals surface area (Å²) in [4.78, 5) is 23.8. The van der Waals surface area contributed by atoms with Gasteiger partial charge in [-0.2, -0.15) is 0 Å². The SMILES string of the molecule is CCC1(CNc2sc(C(=O)OC)c(N)c2C(=O)OC)CC1. The molecule has 6 nitrogen and oxygen atoms in total. The summed E-state index contributed by atoms with van der Waals surface area (Å²) in [6.07, 6.45) is 3.43. The molecule has 1 aromatic heterocycles. The molecule has 7 heteroatoms. The standard InChI is InChI=1S/C14H20N2O4S/c1-4-14(5-6-14)7-16-11-8(12(17)19-2)9(15)10(21-11)13(18)20-3/h16H,4-7,15H2,1-3H3. The van der Waals surface area contributed by atoms with Crippen molar-refractivity contribution in [2.75, 3.05) is 31.8 Å². The fraction of sp³-hybridized carbons (Fsp3) is 0.571. The molecular formula is C14H20N2O4S. The Morgan fingerprint density at radius 2 is 1.90 bits per heavy atom. The minimum Gasteiger partial charge on any atom is -0.465 e. The summed E-state index contributed by atoms with van der Waals surface area (Å²) < 4.78 is 9.44. The van der Waals surface area contributed by atoms with Crippen LogP contribution in [0.25, 0.3) is 0 Å². The lowest BCUT2D eigenvalue weighted by molar-refractivity contribution is 0.0602. The predicted molar refractivity (Wildman–Crippen MR) is 81.9 cm³/mol. The third kappa shape index (κ3) is 2.97. The third-order valence-corrected chi connectivity index (χ3v) is 5.18. The molecule has 0 amide bonds. The molecule has 0 atom stereocenters. The number of esters is 2. The van der Waals surface area contributed by atoms with Gasteiger partial charge in [-0.3, -0.25) is 0 Å². The number of methoxy groups -OCH3 is 2. The maximum absolute atomic E-state index is 11.9. The first-order chi connectivity index (χ1) is 9.98. The van der Waals surface area contributed by atoms with Crippen LogP contribution in [0.2, 0.25) is 0 Å². The zero-order valence-electron chi connectivity index (χ0n) is 12.4. The maximum Gasteiger partial charge on any atom is 0.350 e. The number of hydrogen-bond donors (Lipinski definition) is 2. The predicted octanol–water partition coefficient (Wildman–Crippen LogP) is 2.51. The Hall–Kier alpha value is -1.76. The molecular weight excluding hydrogens is 292 g/mol. The lowest BCUT2D eigenvalue weighted by Gasteiger charge is -2.14. The lowest BCUT2D eigenvalue weighted by atomic mass is 10.0. The molecule has 0 unspecified atom stereocenters. The van der Waals surface area contributed by atoms with Gasteiger partial charge in [0.2, 0.25) is 0 Å². The summed E-state index contributed by atoms with van der Waals surface area (Å²) in [5, 5.41) is 3.82.